The van der Waals surface area contributed by atoms with E-state index in [0.717, 1.165) is 46.6 Å². The molecule has 6 heteroatoms. The van der Waals surface area contributed by atoms with Gasteiger partial charge in [-0.15, -0.1) is 0 Å². The second kappa shape index (κ2) is 9.82. The molecule has 5 rings (SSSR count). The third-order valence-electron chi connectivity index (χ3n) is 8.19. The van der Waals surface area contributed by atoms with E-state index in [9.17, 15) is 14.4 Å². The number of allylic oxidation sites excluding steroid dienone is 4. The molecule has 6 nitrogen and oxygen atoms in total. The highest BCUT2D eigenvalue weighted by Crippen LogP contribution is 2.52. The molecule has 0 unspecified atom stereocenters. The van der Waals surface area contributed by atoms with Gasteiger partial charge in [-0.3, -0.25) is 14.4 Å². The minimum absolute atomic E-state index is 0.0606. The maximum absolute atomic E-state index is 13.6. The van der Waals surface area contributed by atoms with E-state index >= 15 is 0 Å². The van der Waals surface area contributed by atoms with Crippen molar-refractivity contribution in [3.63, 3.8) is 0 Å². The molecule has 2 aromatic rings. The molecule has 0 bridgehead atoms. The molecule has 1 amide bonds. The van der Waals surface area contributed by atoms with Crippen LogP contribution in [0, 0.1) is 24.7 Å². The zero-order valence-corrected chi connectivity index (χ0v) is 23.8. The van der Waals surface area contributed by atoms with Gasteiger partial charge in [0.25, 0.3) is 5.91 Å². The lowest BCUT2D eigenvalue weighted by molar-refractivity contribution is -0.120. The van der Waals surface area contributed by atoms with Crippen molar-refractivity contribution in [1.29, 1.82) is 0 Å². The number of para-hydroxylation sites is 1. The van der Waals surface area contributed by atoms with E-state index < -0.39 is 5.92 Å². The second-order valence-corrected chi connectivity index (χ2v) is 12.8. The third-order valence-corrected chi connectivity index (χ3v) is 8.19. The van der Waals surface area contributed by atoms with E-state index in [0.29, 0.717) is 29.7 Å². The first kappa shape index (κ1) is 26.9. The van der Waals surface area contributed by atoms with Crippen LogP contribution in [0.25, 0.3) is 0 Å². The third kappa shape index (κ3) is 5.29. The summed E-state index contributed by atoms with van der Waals surface area (Å²) in [5.74, 6) is -0.151. The molecule has 1 heterocycles. The maximum atomic E-state index is 13.6. The monoisotopic (exact) mass is 526 g/mol. The Morgan fingerprint density at radius 1 is 0.872 bits per heavy atom. The van der Waals surface area contributed by atoms with Gasteiger partial charge in [-0.25, -0.2) is 0 Å². The van der Waals surface area contributed by atoms with Crippen LogP contribution >= 0.6 is 0 Å². The highest BCUT2D eigenvalue weighted by Gasteiger charge is 2.47. The summed E-state index contributed by atoms with van der Waals surface area (Å²) in [6.45, 7) is 12.2. The van der Waals surface area contributed by atoms with E-state index in [1.54, 1.807) is 0 Å². The zero-order chi connectivity index (χ0) is 28.1. The number of ether oxygens (including phenoxy) is 1. The molecule has 1 aliphatic heterocycles. The molecule has 2 aromatic carbocycles. The first-order chi connectivity index (χ1) is 18.3. The number of hydrogen-bond acceptors (Lipinski definition) is 5. The summed E-state index contributed by atoms with van der Waals surface area (Å²) in [5.41, 5.74) is 6.43. The lowest BCUT2D eigenvalue weighted by Gasteiger charge is -2.44. The Bertz CT molecular complexity index is 1390. The summed E-state index contributed by atoms with van der Waals surface area (Å²) in [7, 11) is 0. The van der Waals surface area contributed by atoms with Gasteiger partial charge in [-0.05, 0) is 60.8 Å². The maximum Gasteiger partial charge on any atom is 0.262 e. The molecule has 0 fully saturated rings. The van der Waals surface area contributed by atoms with Gasteiger partial charge in [0.15, 0.2) is 18.2 Å². The van der Waals surface area contributed by atoms with Crippen molar-refractivity contribution in [1.82, 2.24) is 5.32 Å². The first-order valence-electron chi connectivity index (χ1n) is 13.7. The number of rotatable bonds is 5. The number of dihydropyridines is 1. The molecule has 0 radical (unpaired) electrons. The molecule has 0 saturated carbocycles. The number of carbonyl (C=O) groups is 3. The van der Waals surface area contributed by atoms with Crippen LogP contribution in [0.2, 0.25) is 0 Å². The summed E-state index contributed by atoms with van der Waals surface area (Å²) < 4.78 is 6.11. The predicted octanol–water partition coefficient (Wildman–Crippen LogP) is 6.29. The van der Waals surface area contributed by atoms with Crippen molar-refractivity contribution in [3.8, 4) is 5.75 Å². The van der Waals surface area contributed by atoms with Crippen LogP contribution in [0.15, 0.2) is 65.0 Å². The van der Waals surface area contributed by atoms with Crippen molar-refractivity contribution in [3.05, 3.63) is 81.7 Å². The fourth-order valence-electron chi connectivity index (χ4n) is 6.27. The Kier molecular flexibility index (Phi) is 6.78. The van der Waals surface area contributed by atoms with Gasteiger partial charge in [-0.1, -0.05) is 58.0 Å². The Balaban J connectivity index is 1.51. The molecule has 2 N–H and O–H groups in total. The number of amides is 1. The topological polar surface area (TPSA) is 84.5 Å². The Morgan fingerprint density at radius 2 is 1.46 bits per heavy atom. The summed E-state index contributed by atoms with van der Waals surface area (Å²) in [4.78, 5) is 40.1. The van der Waals surface area contributed by atoms with Gasteiger partial charge in [0.05, 0.1) is 0 Å². The highest BCUT2D eigenvalue weighted by molar-refractivity contribution is 6.07. The van der Waals surface area contributed by atoms with E-state index in [1.807, 2.05) is 56.3 Å². The van der Waals surface area contributed by atoms with E-state index in [1.165, 1.54) is 0 Å². The first-order valence-corrected chi connectivity index (χ1v) is 13.7. The Labute approximate surface area is 230 Å². The van der Waals surface area contributed by atoms with Crippen LogP contribution in [0.5, 0.6) is 5.75 Å². The largest absolute Gasteiger partial charge is 0.483 e. The number of Topliss-reactive ketones (excluding diaryl/α,β-unsaturated/α-hetero) is 2. The van der Waals surface area contributed by atoms with Crippen molar-refractivity contribution >= 4 is 23.2 Å². The van der Waals surface area contributed by atoms with Crippen molar-refractivity contribution in [2.24, 2.45) is 10.8 Å². The molecule has 0 aromatic heterocycles. The molecule has 2 aliphatic carbocycles. The van der Waals surface area contributed by atoms with Crippen molar-refractivity contribution in [2.45, 2.75) is 73.1 Å². The minimum atomic E-state index is -0.512. The van der Waals surface area contributed by atoms with Gasteiger partial charge >= 0.3 is 0 Å². The van der Waals surface area contributed by atoms with Crippen LogP contribution in [0.4, 0.5) is 5.69 Å². The quantitative estimate of drug-likeness (QED) is 0.478. The van der Waals surface area contributed by atoms with Gasteiger partial charge in [0, 0.05) is 52.6 Å². The van der Waals surface area contributed by atoms with Crippen LogP contribution in [0.3, 0.4) is 0 Å². The van der Waals surface area contributed by atoms with Crippen LogP contribution in [-0.2, 0) is 14.4 Å². The number of anilines is 1. The molecule has 204 valence electrons. The number of hydrogen-bond donors (Lipinski definition) is 2. The molecule has 0 spiro atoms. The summed E-state index contributed by atoms with van der Waals surface area (Å²) in [5, 5.41) is 6.49. The van der Waals surface area contributed by atoms with Gasteiger partial charge in [0.2, 0.25) is 0 Å². The highest BCUT2D eigenvalue weighted by atomic mass is 16.5. The molecule has 0 atom stereocenters. The van der Waals surface area contributed by atoms with Gasteiger partial charge < -0.3 is 15.4 Å². The minimum Gasteiger partial charge on any atom is -0.483 e. The Hall–Kier alpha value is -3.67. The normalized spacial score (nSPS) is 20.3. The Morgan fingerprint density at radius 3 is 2.08 bits per heavy atom. The molecule has 0 saturated heterocycles. The average Bonchev–Trinajstić information content (AvgIpc) is 2.83. The SMILES string of the molecule is Cc1cccc(NC(=O)COc2ccccc2C2C3=C(CC(C)(C)CC3=O)NC3=C2C(=O)CC(C)(C)C3)c1C. The lowest BCUT2D eigenvalue weighted by atomic mass is 9.64. The van der Waals surface area contributed by atoms with Gasteiger partial charge in [-0.2, -0.15) is 0 Å². The number of carbonyl (C=O) groups excluding carboxylic acids is 3. The molecule has 39 heavy (non-hydrogen) atoms. The number of nitrogens with one attached hydrogen (secondary N) is 2. The van der Waals surface area contributed by atoms with Crippen LogP contribution in [0.1, 0.15) is 76.0 Å². The lowest BCUT2D eigenvalue weighted by Crippen LogP contribution is -2.42. The number of benzene rings is 2. The zero-order valence-electron chi connectivity index (χ0n) is 23.8. The smallest absolute Gasteiger partial charge is 0.262 e. The summed E-state index contributed by atoms with van der Waals surface area (Å²) >= 11 is 0. The van der Waals surface area contributed by atoms with E-state index in [2.05, 4.69) is 38.3 Å². The van der Waals surface area contributed by atoms with Gasteiger partial charge in [0.1, 0.15) is 5.75 Å². The summed E-state index contributed by atoms with van der Waals surface area (Å²) in [6, 6.07) is 13.3. The van der Waals surface area contributed by atoms with Crippen LogP contribution < -0.4 is 15.4 Å². The van der Waals surface area contributed by atoms with Crippen molar-refractivity contribution < 1.29 is 19.1 Å². The molecular weight excluding hydrogens is 488 g/mol. The van der Waals surface area contributed by atoms with Crippen LogP contribution in [-0.4, -0.2) is 24.1 Å². The standard InChI is InChI=1S/C33H38N2O4/c1-19-10-9-12-22(20(19)2)35-28(38)18-39-27-13-8-7-11-21(27)29-30-23(14-32(3,4)16-25(30)36)34-24-15-33(5,6)17-26(37)31(24)29/h7-13,29,34H,14-18H2,1-6H3,(H,35,38). The van der Waals surface area contributed by atoms with E-state index in [-0.39, 0.29) is 34.9 Å². The van der Waals surface area contributed by atoms with E-state index in [4.69, 9.17) is 4.74 Å². The summed E-state index contributed by atoms with van der Waals surface area (Å²) in [6.07, 6.45) is 2.32. The van der Waals surface area contributed by atoms with Crippen molar-refractivity contribution in [2.75, 3.05) is 11.9 Å². The predicted molar refractivity (Wildman–Crippen MR) is 152 cm³/mol. The average molecular weight is 527 g/mol. The molecule has 3 aliphatic rings. The number of ketones is 2. The fraction of sp³-hybridized carbons (Fsp3) is 0.424. The molecular formula is C33H38N2O4. The fourth-order valence-corrected chi connectivity index (χ4v) is 6.27. The number of aryl methyl sites for hydroxylation is 1. The second-order valence-electron chi connectivity index (χ2n) is 12.8.